The van der Waals surface area contributed by atoms with Crippen molar-refractivity contribution in [3.05, 3.63) is 86.8 Å². The van der Waals surface area contributed by atoms with Crippen LogP contribution >= 0.6 is 0 Å². The first kappa shape index (κ1) is 21.2. The van der Waals surface area contributed by atoms with Gasteiger partial charge >= 0.3 is 5.69 Å². The number of rotatable bonds is 6. The zero-order valence-corrected chi connectivity index (χ0v) is 18.7. The van der Waals surface area contributed by atoms with Crippen LogP contribution in [0.5, 0.6) is 5.75 Å². The molecule has 0 amide bonds. The second kappa shape index (κ2) is 8.71. The van der Waals surface area contributed by atoms with Crippen LogP contribution in [0.1, 0.15) is 24.0 Å². The number of imidazole rings is 1. The SMILES string of the molecule is COc1ccccc1Cn1cnc2c1c(=O)n(CC1CCCO1)c(=O)n2-c1ccccc1C. The van der Waals surface area contributed by atoms with E-state index in [2.05, 4.69) is 4.98 Å². The van der Waals surface area contributed by atoms with Crippen molar-refractivity contribution in [3.8, 4) is 11.4 Å². The molecule has 8 heteroatoms. The molecule has 1 unspecified atom stereocenters. The molecule has 0 saturated carbocycles. The minimum Gasteiger partial charge on any atom is -0.496 e. The van der Waals surface area contributed by atoms with E-state index >= 15 is 0 Å². The molecule has 2 aromatic heterocycles. The summed E-state index contributed by atoms with van der Waals surface area (Å²) in [5, 5.41) is 0. The van der Waals surface area contributed by atoms with E-state index in [0.29, 0.717) is 30.0 Å². The normalized spacial score (nSPS) is 15.9. The fraction of sp³-hybridized carbons (Fsp3) is 0.320. The van der Waals surface area contributed by atoms with Gasteiger partial charge in [0.15, 0.2) is 11.2 Å². The van der Waals surface area contributed by atoms with E-state index in [1.54, 1.807) is 22.6 Å². The van der Waals surface area contributed by atoms with Crippen LogP contribution in [0.3, 0.4) is 0 Å². The Kier molecular flexibility index (Phi) is 5.60. The summed E-state index contributed by atoms with van der Waals surface area (Å²) in [5.41, 5.74) is 2.50. The van der Waals surface area contributed by atoms with Crippen LogP contribution in [-0.2, 0) is 17.8 Å². The standard InChI is InChI=1S/C25H26N4O4/c1-17-8-3-5-11-20(17)29-23-22(24(30)28(25(29)31)15-19-10-7-13-33-19)27(16-26-23)14-18-9-4-6-12-21(18)32-2/h3-6,8-9,11-12,16,19H,7,10,13-15H2,1-2H3. The lowest BCUT2D eigenvalue weighted by atomic mass is 10.2. The van der Waals surface area contributed by atoms with E-state index in [9.17, 15) is 9.59 Å². The number of para-hydroxylation sites is 2. The lowest BCUT2D eigenvalue weighted by Gasteiger charge is -2.16. The van der Waals surface area contributed by atoms with Crippen molar-refractivity contribution >= 4 is 11.2 Å². The zero-order chi connectivity index (χ0) is 22.9. The molecule has 0 bridgehead atoms. The van der Waals surface area contributed by atoms with Gasteiger partial charge in [0.1, 0.15) is 5.75 Å². The van der Waals surface area contributed by atoms with Crippen LogP contribution in [0.4, 0.5) is 0 Å². The lowest BCUT2D eigenvalue weighted by molar-refractivity contribution is 0.0950. The van der Waals surface area contributed by atoms with Gasteiger partial charge in [-0.1, -0.05) is 36.4 Å². The molecular formula is C25H26N4O4. The summed E-state index contributed by atoms with van der Waals surface area (Å²) in [6.07, 6.45) is 3.22. The summed E-state index contributed by atoms with van der Waals surface area (Å²) in [4.78, 5) is 31.8. The minimum atomic E-state index is -0.403. The van der Waals surface area contributed by atoms with Crippen LogP contribution < -0.4 is 16.0 Å². The molecule has 0 radical (unpaired) electrons. The molecule has 33 heavy (non-hydrogen) atoms. The van der Waals surface area contributed by atoms with Gasteiger partial charge in [-0.3, -0.25) is 9.36 Å². The predicted octanol–water partition coefficient (Wildman–Crippen LogP) is 2.89. The average Bonchev–Trinajstić information content (AvgIpc) is 3.49. The van der Waals surface area contributed by atoms with Crippen LogP contribution in [0.25, 0.3) is 16.9 Å². The van der Waals surface area contributed by atoms with Crippen molar-refractivity contribution < 1.29 is 9.47 Å². The maximum Gasteiger partial charge on any atom is 0.337 e. The van der Waals surface area contributed by atoms with Gasteiger partial charge < -0.3 is 14.0 Å². The molecule has 1 fully saturated rings. The maximum atomic E-state index is 13.6. The lowest BCUT2D eigenvalue weighted by Crippen LogP contribution is -2.42. The second-order valence-corrected chi connectivity index (χ2v) is 8.31. The quantitative estimate of drug-likeness (QED) is 0.455. The third-order valence-electron chi connectivity index (χ3n) is 6.20. The molecule has 1 atom stereocenters. The van der Waals surface area contributed by atoms with Gasteiger partial charge in [-0.2, -0.15) is 0 Å². The molecular weight excluding hydrogens is 420 g/mol. The first-order valence-electron chi connectivity index (χ1n) is 11.1. The highest BCUT2D eigenvalue weighted by Crippen LogP contribution is 2.22. The number of nitrogens with zero attached hydrogens (tertiary/aromatic N) is 4. The fourth-order valence-electron chi connectivity index (χ4n) is 4.50. The summed E-state index contributed by atoms with van der Waals surface area (Å²) in [7, 11) is 1.62. The average molecular weight is 447 g/mol. The first-order valence-corrected chi connectivity index (χ1v) is 11.1. The van der Waals surface area contributed by atoms with E-state index in [1.807, 2.05) is 55.5 Å². The van der Waals surface area contributed by atoms with E-state index in [-0.39, 0.29) is 18.2 Å². The third kappa shape index (κ3) is 3.76. The van der Waals surface area contributed by atoms with Crippen molar-refractivity contribution in [1.29, 1.82) is 0 Å². The molecule has 0 N–H and O–H groups in total. The molecule has 0 aliphatic carbocycles. The Hall–Kier alpha value is -3.65. The second-order valence-electron chi connectivity index (χ2n) is 8.31. The number of ether oxygens (including phenoxy) is 2. The van der Waals surface area contributed by atoms with Gasteiger partial charge in [-0.15, -0.1) is 0 Å². The number of aromatic nitrogens is 4. The van der Waals surface area contributed by atoms with Gasteiger partial charge in [0.05, 0.1) is 38.3 Å². The number of hydrogen-bond donors (Lipinski definition) is 0. The van der Waals surface area contributed by atoms with E-state index in [1.165, 1.54) is 4.57 Å². The van der Waals surface area contributed by atoms with Crippen LogP contribution in [0, 0.1) is 6.92 Å². The van der Waals surface area contributed by atoms with Gasteiger partial charge in [0.2, 0.25) is 0 Å². The highest BCUT2D eigenvalue weighted by atomic mass is 16.5. The van der Waals surface area contributed by atoms with Gasteiger partial charge in [0.25, 0.3) is 5.56 Å². The Morgan fingerprint density at radius 2 is 1.91 bits per heavy atom. The molecule has 4 aromatic rings. The number of fused-ring (bicyclic) bond motifs is 1. The summed E-state index contributed by atoms with van der Waals surface area (Å²) in [5.74, 6) is 0.728. The van der Waals surface area contributed by atoms with Gasteiger partial charge in [-0.05, 0) is 37.5 Å². The monoisotopic (exact) mass is 446 g/mol. The number of methoxy groups -OCH3 is 1. The topological polar surface area (TPSA) is 80.3 Å². The highest BCUT2D eigenvalue weighted by Gasteiger charge is 2.24. The molecule has 8 nitrogen and oxygen atoms in total. The smallest absolute Gasteiger partial charge is 0.337 e. The first-order chi connectivity index (χ1) is 16.1. The van der Waals surface area contributed by atoms with E-state index in [4.69, 9.17) is 9.47 Å². The fourth-order valence-corrected chi connectivity index (χ4v) is 4.50. The molecule has 170 valence electrons. The molecule has 1 aliphatic heterocycles. The molecule has 1 aliphatic rings. The molecule has 0 spiro atoms. The largest absolute Gasteiger partial charge is 0.496 e. The molecule has 2 aromatic carbocycles. The van der Waals surface area contributed by atoms with E-state index in [0.717, 1.165) is 29.7 Å². The number of benzene rings is 2. The van der Waals surface area contributed by atoms with Crippen LogP contribution in [0.15, 0.2) is 64.4 Å². The summed E-state index contributed by atoms with van der Waals surface area (Å²) >= 11 is 0. The predicted molar refractivity (Wildman–Crippen MR) is 125 cm³/mol. The summed E-state index contributed by atoms with van der Waals surface area (Å²) < 4.78 is 15.9. The van der Waals surface area contributed by atoms with Crippen LogP contribution in [-0.4, -0.2) is 38.5 Å². The molecule has 1 saturated heterocycles. The third-order valence-corrected chi connectivity index (χ3v) is 6.20. The number of hydrogen-bond acceptors (Lipinski definition) is 5. The van der Waals surface area contributed by atoms with Gasteiger partial charge in [0, 0.05) is 12.2 Å². The van der Waals surface area contributed by atoms with Crippen molar-refractivity contribution in [1.82, 2.24) is 18.7 Å². The summed E-state index contributed by atoms with van der Waals surface area (Å²) in [6.45, 7) is 3.20. The Morgan fingerprint density at radius 1 is 1.12 bits per heavy atom. The highest BCUT2D eigenvalue weighted by molar-refractivity contribution is 5.73. The zero-order valence-electron chi connectivity index (χ0n) is 18.7. The summed E-state index contributed by atoms with van der Waals surface area (Å²) in [6, 6.07) is 15.3. The minimum absolute atomic E-state index is 0.149. The van der Waals surface area contributed by atoms with Crippen molar-refractivity contribution in [2.45, 2.75) is 39.0 Å². The Balaban J connectivity index is 1.75. The van der Waals surface area contributed by atoms with Crippen molar-refractivity contribution in [3.63, 3.8) is 0 Å². The van der Waals surface area contributed by atoms with Crippen molar-refractivity contribution in [2.24, 2.45) is 0 Å². The molecule has 5 rings (SSSR count). The maximum absolute atomic E-state index is 13.6. The molecule has 3 heterocycles. The van der Waals surface area contributed by atoms with Gasteiger partial charge in [-0.25, -0.2) is 14.3 Å². The van der Waals surface area contributed by atoms with Crippen LogP contribution in [0.2, 0.25) is 0 Å². The van der Waals surface area contributed by atoms with E-state index < -0.39 is 5.69 Å². The Labute approximate surface area is 190 Å². The Bertz CT molecular complexity index is 1430. The Morgan fingerprint density at radius 3 is 2.67 bits per heavy atom. The van der Waals surface area contributed by atoms with Crippen molar-refractivity contribution in [2.75, 3.05) is 13.7 Å². The number of aryl methyl sites for hydroxylation is 1.